The highest BCUT2D eigenvalue weighted by atomic mass is 19.1. The Morgan fingerprint density at radius 2 is 2.28 bits per heavy atom. The molecule has 2 unspecified atom stereocenters. The fourth-order valence-electron chi connectivity index (χ4n) is 2.31. The molecule has 4 heteroatoms. The van der Waals surface area contributed by atoms with Gasteiger partial charge in [-0.2, -0.15) is 0 Å². The normalized spacial score (nSPS) is 23.1. The minimum atomic E-state index is -0.362. The second-order valence-corrected chi connectivity index (χ2v) is 5.01. The Labute approximate surface area is 106 Å². The summed E-state index contributed by atoms with van der Waals surface area (Å²) in [5, 5.41) is 12.2. The van der Waals surface area contributed by atoms with Gasteiger partial charge in [-0.3, -0.25) is 4.79 Å². The second-order valence-electron chi connectivity index (χ2n) is 5.01. The van der Waals surface area contributed by atoms with Crippen molar-refractivity contribution in [1.82, 2.24) is 5.32 Å². The zero-order valence-electron chi connectivity index (χ0n) is 10.4. The highest BCUT2D eigenvalue weighted by Gasteiger charge is 2.23. The maximum absolute atomic E-state index is 13.3. The molecule has 1 aromatic rings. The van der Waals surface area contributed by atoms with E-state index >= 15 is 0 Å². The summed E-state index contributed by atoms with van der Waals surface area (Å²) >= 11 is 0. The molecule has 3 nitrogen and oxygen atoms in total. The maximum atomic E-state index is 13.3. The Hall–Kier alpha value is -1.42. The first-order valence-corrected chi connectivity index (χ1v) is 6.28. The van der Waals surface area contributed by atoms with Gasteiger partial charge in [-0.25, -0.2) is 4.39 Å². The Kier molecular flexibility index (Phi) is 3.97. The van der Waals surface area contributed by atoms with Crippen molar-refractivity contribution in [1.29, 1.82) is 0 Å². The van der Waals surface area contributed by atoms with Crippen LogP contribution >= 0.6 is 0 Å². The molecule has 0 aromatic heterocycles. The van der Waals surface area contributed by atoms with Crippen molar-refractivity contribution in [3.63, 3.8) is 0 Å². The number of aliphatic hydroxyl groups is 1. The van der Waals surface area contributed by atoms with Gasteiger partial charge in [0, 0.05) is 12.1 Å². The van der Waals surface area contributed by atoms with Crippen LogP contribution in [0.15, 0.2) is 18.2 Å². The molecular formula is C14H18FNO2. The van der Waals surface area contributed by atoms with E-state index in [0.717, 1.165) is 19.3 Å². The van der Waals surface area contributed by atoms with Crippen LogP contribution in [0.3, 0.4) is 0 Å². The topological polar surface area (TPSA) is 49.3 Å². The monoisotopic (exact) mass is 251 g/mol. The van der Waals surface area contributed by atoms with E-state index in [9.17, 15) is 14.3 Å². The fraction of sp³-hybridized carbons (Fsp3) is 0.500. The number of benzene rings is 1. The zero-order chi connectivity index (χ0) is 13.1. The predicted molar refractivity (Wildman–Crippen MR) is 66.8 cm³/mol. The summed E-state index contributed by atoms with van der Waals surface area (Å²) in [7, 11) is 0. The molecule has 0 aliphatic heterocycles. The summed E-state index contributed by atoms with van der Waals surface area (Å²) in [6.07, 6.45) is 2.25. The molecular weight excluding hydrogens is 233 g/mol. The van der Waals surface area contributed by atoms with Crippen molar-refractivity contribution in [3.8, 4) is 0 Å². The minimum Gasteiger partial charge on any atom is -0.393 e. The van der Waals surface area contributed by atoms with Crippen LogP contribution in [-0.4, -0.2) is 23.7 Å². The molecule has 1 aliphatic rings. The minimum absolute atomic E-state index is 0.233. The number of aliphatic hydroxyl groups excluding tert-OH is 1. The summed E-state index contributed by atoms with van der Waals surface area (Å²) in [5.74, 6) is -0.284. The van der Waals surface area contributed by atoms with Crippen LogP contribution in [0.4, 0.5) is 4.39 Å². The number of hydrogen-bond acceptors (Lipinski definition) is 2. The summed E-state index contributed by atoms with van der Waals surface area (Å²) < 4.78 is 13.3. The first kappa shape index (κ1) is 13.0. The molecule has 0 heterocycles. The Bertz CT molecular complexity index is 447. The fourth-order valence-corrected chi connectivity index (χ4v) is 2.31. The smallest absolute Gasteiger partial charge is 0.251 e. The molecule has 2 N–H and O–H groups in total. The van der Waals surface area contributed by atoms with Gasteiger partial charge >= 0.3 is 0 Å². The average molecular weight is 251 g/mol. The molecule has 18 heavy (non-hydrogen) atoms. The molecule has 2 rings (SSSR count). The van der Waals surface area contributed by atoms with Crippen LogP contribution in [0, 0.1) is 18.7 Å². The number of nitrogens with one attached hydrogen (secondary N) is 1. The molecule has 1 fully saturated rings. The Balaban J connectivity index is 1.89. The number of hydrogen-bond donors (Lipinski definition) is 2. The van der Waals surface area contributed by atoms with E-state index in [-0.39, 0.29) is 17.8 Å². The zero-order valence-corrected chi connectivity index (χ0v) is 10.4. The van der Waals surface area contributed by atoms with Crippen molar-refractivity contribution in [3.05, 3.63) is 35.1 Å². The van der Waals surface area contributed by atoms with Gasteiger partial charge in [0.15, 0.2) is 0 Å². The van der Waals surface area contributed by atoms with Crippen LogP contribution in [0.25, 0.3) is 0 Å². The van der Waals surface area contributed by atoms with E-state index in [1.54, 1.807) is 19.1 Å². The number of aryl methyl sites for hydroxylation is 1. The summed E-state index contributed by atoms with van der Waals surface area (Å²) in [4.78, 5) is 11.8. The molecule has 1 aromatic carbocycles. The Morgan fingerprint density at radius 1 is 1.50 bits per heavy atom. The van der Waals surface area contributed by atoms with Crippen molar-refractivity contribution >= 4 is 5.91 Å². The van der Waals surface area contributed by atoms with E-state index in [0.29, 0.717) is 23.6 Å². The largest absolute Gasteiger partial charge is 0.393 e. The molecule has 2 atom stereocenters. The lowest BCUT2D eigenvalue weighted by molar-refractivity contribution is 0.0944. The Morgan fingerprint density at radius 3 is 2.89 bits per heavy atom. The third kappa shape index (κ3) is 3.07. The van der Waals surface area contributed by atoms with Crippen molar-refractivity contribution in [2.24, 2.45) is 5.92 Å². The first-order chi connectivity index (χ1) is 8.56. The van der Waals surface area contributed by atoms with Crippen molar-refractivity contribution in [2.45, 2.75) is 32.3 Å². The van der Waals surface area contributed by atoms with E-state index < -0.39 is 0 Å². The molecule has 1 amide bonds. The highest BCUT2D eigenvalue weighted by molar-refractivity contribution is 5.94. The third-order valence-corrected chi connectivity index (χ3v) is 3.50. The van der Waals surface area contributed by atoms with Crippen LogP contribution in [-0.2, 0) is 0 Å². The summed E-state index contributed by atoms with van der Waals surface area (Å²) in [5.41, 5.74) is 0.877. The predicted octanol–water partition coefficient (Wildman–Crippen LogP) is 2.02. The molecule has 1 aliphatic carbocycles. The maximum Gasteiger partial charge on any atom is 0.251 e. The van der Waals surface area contributed by atoms with Crippen LogP contribution in [0.5, 0.6) is 0 Å². The standard InChI is InChI=1S/C14H18FNO2/c1-9-2-4-11(7-13(9)15)14(18)16-8-10-3-5-12(17)6-10/h2,4,7,10,12,17H,3,5-6,8H2,1H3,(H,16,18). The van der Waals surface area contributed by atoms with E-state index in [4.69, 9.17) is 0 Å². The number of rotatable bonds is 3. The summed E-state index contributed by atoms with van der Waals surface area (Å²) in [6.45, 7) is 2.21. The quantitative estimate of drug-likeness (QED) is 0.863. The van der Waals surface area contributed by atoms with Gasteiger partial charge in [0.1, 0.15) is 5.82 Å². The molecule has 0 radical (unpaired) electrons. The van der Waals surface area contributed by atoms with Crippen LogP contribution in [0.1, 0.15) is 35.2 Å². The molecule has 1 saturated carbocycles. The van der Waals surface area contributed by atoms with Crippen molar-refractivity contribution in [2.75, 3.05) is 6.54 Å². The van der Waals surface area contributed by atoms with Crippen molar-refractivity contribution < 1.29 is 14.3 Å². The molecule has 0 saturated heterocycles. The van der Waals surface area contributed by atoms with Gasteiger partial charge in [0.05, 0.1) is 6.10 Å². The first-order valence-electron chi connectivity index (χ1n) is 6.28. The average Bonchev–Trinajstić information content (AvgIpc) is 2.75. The van der Waals surface area contributed by atoms with Crippen LogP contribution in [0.2, 0.25) is 0 Å². The van der Waals surface area contributed by atoms with E-state index in [1.807, 2.05) is 0 Å². The molecule has 0 bridgehead atoms. The molecule has 0 spiro atoms. The summed E-state index contributed by atoms with van der Waals surface area (Å²) in [6, 6.07) is 4.48. The third-order valence-electron chi connectivity index (χ3n) is 3.50. The number of carbonyl (C=O) groups excluding carboxylic acids is 1. The highest BCUT2D eigenvalue weighted by Crippen LogP contribution is 2.24. The number of carbonyl (C=O) groups is 1. The number of amides is 1. The van der Waals surface area contributed by atoms with Gasteiger partial charge in [0.25, 0.3) is 5.91 Å². The van der Waals surface area contributed by atoms with Gasteiger partial charge in [-0.1, -0.05) is 6.07 Å². The van der Waals surface area contributed by atoms with Gasteiger partial charge in [-0.05, 0) is 49.8 Å². The van der Waals surface area contributed by atoms with Gasteiger partial charge in [0.2, 0.25) is 0 Å². The van der Waals surface area contributed by atoms with Gasteiger partial charge in [-0.15, -0.1) is 0 Å². The van der Waals surface area contributed by atoms with E-state index in [2.05, 4.69) is 5.32 Å². The van der Waals surface area contributed by atoms with Crippen LogP contribution < -0.4 is 5.32 Å². The number of halogens is 1. The van der Waals surface area contributed by atoms with Gasteiger partial charge < -0.3 is 10.4 Å². The lowest BCUT2D eigenvalue weighted by Gasteiger charge is -2.11. The lowest BCUT2D eigenvalue weighted by Crippen LogP contribution is -2.28. The lowest BCUT2D eigenvalue weighted by atomic mass is 10.1. The second kappa shape index (κ2) is 5.48. The van der Waals surface area contributed by atoms with E-state index in [1.165, 1.54) is 6.07 Å². The SMILES string of the molecule is Cc1ccc(C(=O)NCC2CCC(O)C2)cc1F. The molecule has 98 valence electrons.